The predicted octanol–water partition coefficient (Wildman–Crippen LogP) is 1.82. The second-order valence-electron chi connectivity index (χ2n) is 7.54. The van der Waals surface area contributed by atoms with Crippen molar-refractivity contribution in [3.8, 4) is 0 Å². The summed E-state index contributed by atoms with van der Waals surface area (Å²) in [5.74, 6) is -0.147. The number of aliphatic carboxylic acids is 1. The van der Waals surface area contributed by atoms with Crippen LogP contribution in [-0.2, 0) is 16.1 Å². The van der Waals surface area contributed by atoms with E-state index in [1.54, 1.807) is 16.8 Å². The van der Waals surface area contributed by atoms with Gasteiger partial charge in [-0.25, -0.2) is 4.98 Å². The summed E-state index contributed by atoms with van der Waals surface area (Å²) in [4.78, 5) is 32.3. The molecule has 24 heavy (non-hydrogen) atoms. The highest BCUT2D eigenvalue weighted by atomic mass is 32.1. The Balaban J connectivity index is 1.42. The molecule has 1 saturated carbocycles. The van der Waals surface area contributed by atoms with Crippen LogP contribution >= 0.6 is 11.3 Å². The Morgan fingerprint density at radius 2 is 2.08 bits per heavy atom. The maximum Gasteiger partial charge on any atom is 0.320 e. The smallest absolute Gasteiger partial charge is 0.320 e. The van der Waals surface area contributed by atoms with E-state index in [9.17, 15) is 14.7 Å². The van der Waals surface area contributed by atoms with Crippen LogP contribution in [0.25, 0.3) is 0 Å². The lowest BCUT2D eigenvalue weighted by Gasteiger charge is -2.39. The number of aromatic nitrogens is 1. The fourth-order valence-corrected chi connectivity index (χ4v) is 4.78. The average molecular weight is 349 g/mol. The first-order chi connectivity index (χ1) is 11.6. The highest BCUT2D eigenvalue weighted by Crippen LogP contribution is 2.44. The number of piperidine rings is 1. The number of hydrogen-bond acceptors (Lipinski definition) is 5. The van der Waals surface area contributed by atoms with Crippen molar-refractivity contribution in [2.45, 2.75) is 44.7 Å². The number of likely N-dealkylation sites (tertiary alicyclic amines) is 2. The van der Waals surface area contributed by atoms with Gasteiger partial charge in [0.2, 0.25) is 5.91 Å². The minimum absolute atomic E-state index is 0.0411. The van der Waals surface area contributed by atoms with E-state index >= 15 is 0 Å². The van der Waals surface area contributed by atoms with E-state index in [2.05, 4.69) is 9.88 Å². The summed E-state index contributed by atoms with van der Waals surface area (Å²) >= 11 is 1.54. The second-order valence-corrected chi connectivity index (χ2v) is 8.26. The maximum absolute atomic E-state index is 12.2. The standard InChI is InChI=1S/C17H23N3O3S/c21-15(12-1-2-12)19-5-3-17(4-6-19)7-14(16(22)23)20(10-17)8-13-9-24-11-18-13/h9,11-12,14H,1-8,10H2,(H,22,23)/t14-/m1/s1. The van der Waals surface area contributed by atoms with Crippen molar-refractivity contribution in [2.24, 2.45) is 11.3 Å². The molecule has 0 unspecified atom stereocenters. The molecule has 7 heteroatoms. The van der Waals surface area contributed by atoms with Crippen LogP contribution in [-0.4, -0.2) is 57.4 Å². The summed E-state index contributed by atoms with van der Waals surface area (Å²) in [6.45, 7) is 2.97. The summed E-state index contributed by atoms with van der Waals surface area (Å²) < 4.78 is 0. The monoisotopic (exact) mass is 349 g/mol. The number of carbonyl (C=O) groups excluding carboxylic acids is 1. The largest absolute Gasteiger partial charge is 0.480 e. The average Bonchev–Trinajstić information content (AvgIpc) is 3.19. The number of nitrogens with zero attached hydrogens (tertiary/aromatic N) is 3. The van der Waals surface area contributed by atoms with Crippen molar-refractivity contribution in [2.75, 3.05) is 19.6 Å². The molecule has 3 heterocycles. The van der Waals surface area contributed by atoms with E-state index in [1.165, 1.54) is 0 Å². The van der Waals surface area contributed by atoms with Gasteiger partial charge in [0.05, 0.1) is 11.2 Å². The molecular formula is C17H23N3O3S. The SMILES string of the molecule is O=C(O)[C@H]1CC2(CCN(C(=O)C3CC3)CC2)CN1Cc1cscn1. The van der Waals surface area contributed by atoms with Gasteiger partial charge in [-0.3, -0.25) is 14.5 Å². The predicted molar refractivity (Wildman–Crippen MR) is 89.5 cm³/mol. The van der Waals surface area contributed by atoms with Gasteiger partial charge < -0.3 is 10.0 Å². The van der Waals surface area contributed by atoms with Crippen molar-refractivity contribution < 1.29 is 14.7 Å². The molecule has 3 fully saturated rings. The van der Waals surface area contributed by atoms with Crippen molar-refractivity contribution >= 4 is 23.2 Å². The number of carboxylic acid groups (broad SMARTS) is 1. The molecule has 130 valence electrons. The maximum atomic E-state index is 12.2. The molecule has 3 aliphatic rings. The molecule has 0 bridgehead atoms. The zero-order valence-electron chi connectivity index (χ0n) is 13.7. The molecule has 2 aliphatic heterocycles. The highest BCUT2D eigenvalue weighted by Gasteiger charge is 2.49. The van der Waals surface area contributed by atoms with Gasteiger partial charge in [-0.2, -0.15) is 0 Å². The van der Waals surface area contributed by atoms with E-state index in [4.69, 9.17) is 0 Å². The van der Waals surface area contributed by atoms with E-state index in [0.717, 1.165) is 51.0 Å². The summed E-state index contributed by atoms with van der Waals surface area (Å²) in [6.07, 6.45) is 4.62. The molecule has 6 nitrogen and oxygen atoms in total. The number of hydrogen-bond donors (Lipinski definition) is 1. The van der Waals surface area contributed by atoms with Crippen LogP contribution in [0, 0.1) is 11.3 Å². The zero-order valence-corrected chi connectivity index (χ0v) is 14.5. The van der Waals surface area contributed by atoms with Crippen LogP contribution in [0.15, 0.2) is 10.9 Å². The van der Waals surface area contributed by atoms with Gasteiger partial charge in [-0.05, 0) is 37.5 Å². The van der Waals surface area contributed by atoms with Crippen molar-refractivity contribution in [1.82, 2.24) is 14.8 Å². The Labute approximate surface area is 145 Å². The fraction of sp³-hybridized carbons (Fsp3) is 0.706. The van der Waals surface area contributed by atoms with Gasteiger partial charge in [0, 0.05) is 37.5 Å². The molecule has 2 saturated heterocycles. The highest BCUT2D eigenvalue weighted by molar-refractivity contribution is 7.07. The number of rotatable bonds is 4. The normalized spacial score (nSPS) is 26.8. The van der Waals surface area contributed by atoms with Gasteiger partial charge in [0.25, 0.3) is 0 Å². The molecule has 1 aromatic heterocycles. The van der Waals surface area contributed by atoms with E-state index in [-0.39, 0.29) is 11.3 Å². The summed E-state index contributed by atoms with van der Waals surface area (Å²) in [7, 11) is 0. The third-order valence-corrected chi connectivity index (χ3v) is 6.44. The molecule has 1 spiro atoms. The van der Waals surface area contributed by atoms with Crippen LogP contribution in [0.3, 0.4) is 0 Å². The van der Waals surface area contributed by atoms with Crippen molar-refractivity contribution in [1.29, 1.82) is 0 Å². The first-order valence-electron chi connectivity index (χ1n) is 8.69. The Kier molecular flexibility index (Phi) is 4.08. The first kappa shape index (κ1) is 16.0. The van der Waals surface area contributed by atoms with Gasteiger partial charge in [0.1, 0.15) is 6.04 Å². The molecule has 1 amide bonds. The lowest BCUT2D eigenvalue weighted by Crippen LogP contribution is -2.44. The zero-order chi connectivity index (χ0) is 16.7. The van der Waals surface area contributed by atoms with Crippen molar-refractivity contribution in [3.05, 3.63) is 16.6 Å². The van der Waals surface area contributed by atoms with Crippen LogP contribution in [0.4, 0.5) is 0 Å². The number of carbonyl (C=O) groups is 2. The quantitative estimate of drug-likeness (QED) is 0.898. The summed E-state index contributed by atoms with van der Waals surface area (Å²) in [6, 6.07) is -0.433. The Bertz CT molecular complexity index is 621. The van der Waals surface area contributed by atoms with Crippen LogP contribution in [0.5, 0.6) is 0 Å². The molecular weight excluding hydrogens is 326 g/mol. The molecule has 1 aromatic rings. The van der Waals surface area contributed by atoms with E-state index in [1.807, 2.05) is 10.3 Å². The molecule has 1 N–H and O–H groups in total. The molecule has 0 aromatic carbocycles. The van der Waals surface area contributed by atoms with Gasteiger partial charge in [-0.1, -0.05) is 0 Å². The van der Waals surface area contributed by atoms with E-state index < -0.39 is 12.0 Å². The van der Waals surface area contributed by atoms with Crippen LogP contribution in [0.2, 0.25) is 0 Å². The second kappa shape index (κ2) is 6.11. The third-order valence-electron chi connectivity index (χ3n) is 5.80. The van der Waals surface area contributed by atoms with Gasteiger partial charge >= 0.3 is 5.97 Å². The van der Waals surface area contributed by atoms with Gasteiger partial charge in [0.15, 0.2) is 0 Å². The topological polar surface area (TPSA) is 73.7 Å². The summed E-state index contributed by atoms with van der Waals surface area (Å²) in [5.41, 5.74) is 2.78. The molecule has 1 atom stereocenters. The molecule has 0 radical (unpaired) electrons. The van der Waals surface area contributed by atoms with Crippen LogP contribution in [0.1, 0.15) is 37.8 Å². The number of amides is 1. The third kappa shape index (κ3) is 3.07. The Morgan fingerprint density at radius 3 is 2.67 bits per heavy atom. The van der Waals surface area contributed by atoms with Crippen molar-refractivity contribution in [3.63, 3.8) is 0 Å². The summed E-state index contributed by atoms with van der Waals surface area (Å²) in [5, 5.41) is 11.6. The Hall–Kier alpha value is -1.47. The van der Waals surface area contributed by atoms with E-state index in [0.29, 0.717) is 18.9 Å². The fourth-order valence-electron chi connectivity index (χ4n) is 4.23. The lowest BCUT2D eigenvalue weighted by atomic mass is 9.76. The molecule has 1 aliphatic carbocycles. The Morgan fingerprint density at radius 1 is 1.33 bits per heavy atom. The van der Waals surface area contributed by atoms with Gasteiger partial charge in [-0.15, -0.1) is 11.3 Å². The van der Waals surface area contributed by atoms with Crippen LogP contribution < -0.4 is 0 Å². The minimum Gasteiger partial charge on any atom is -0.480 e. The molecule has 4 rings (SSSR count). The number of thiazole rings is 1. The lowest BCUT2D eigenvalue weighted by molar-refractivity contribution is -0.142. The first-order valence-corrected chi connectivity index (χ1v) is 9.63. The number of carboxylic acids is 1. The minimum atomic E-state index is -0.737.